The number of non-ortho nitro benzene ring substituents is 1. The molecule has 0 saturated carbocycles. The summed E-state index contributed by atoms with van der Waals surface area (Å²) in [6.07, 6.45) is 1.19. The molecular formula is C22H12F5N3O4. The first-order valence-electron chi connectivity index (χ1n) is 9.49. The third kappa shape index (κ3) is 3.62. The first kappa shape index (κ1) is 22.8. The van der Waals surface area contributed by atoms with Crippen LogP contribution in [0.25, 0.3) is 17.4 Å². The lowest BCUT2D eigenvalue weighted by Gasteiger charge is -2.14. The van der Waals surface area contributed by atoms with Crippen LogP contribution >= 0.6 is 0 Å². The summed E-state index contributed by atoms with van der Waals surface area (Å²) in [5, 5.41) is 14.7. The summed E-state index contributed by atoms with van der Waals surface area (Å²) in [6, 6.07) is 7.14. The number of nitro groups is 1. The van der Waals surface area contributed by atoms with E-state index in [1.807, 2.05) is 0 Å². The zero-order chi connectivity index (χ0) is 24.9. The predicted molar refractivity (Wildman–Crippen MR) is 110 cm³/mol. The van der Waals surface area contributed by atoms with E-state index in [1.165, 1.54) is 43.3 Å². The molecule has 34 heavy (non-hydrogen) atoms. The number of hydrazone groups is 1. The fraction of sp³-hybridized carbons (Fsp3) is 0.0909. The van der Waals surface area contributed by atoms with Crippen LogP contribution in [0, 0.1) is 46.1 Å². The van der Waals surface area contributed by atoms with Crippen molar-refractivity contribution in [1.82, 2.24) is 0 Å². The number of anilines is 1. The molecule has 2 aromatic carbocycles. The number of halogens is 5. The number of amides is 1. The van der Waals surface area contributed by atoms with Crippen LogP contribution in [0.4, 0.5) is 33.3 Å². The number of nitrogens with zero attached hydrogens (tertiary/aromatic N) is 3. The van der Waals surface area contributed by atoms with E-state index in [0.717, 1.165) is 0 Å². The molecule has 174 valence electrons. The number of aryl methyl sites for hydroxylation is 1. The molecule has 0 saturated heterocycles. The van der Waals surface area contributed by atoms with Gasteiger partial charge in [0, 0.05) is 17.7 Å². The van der Waals surface area contributed by atoms with Crippen LogP contribution in [-0.2, 0) is 4.79 Å². The van der Waals surface area contributed by atoms with Gasteiger partial charge in [-0.25, -0.2) is 22.0 Å². The molecule has 7 nitrogen and oxygen atoms in total. The Kier molecular flexibility index (Phi) is 5.51. The van der Waals surface area contributed by atoms with Gasteiger partial charge in [0.1, 0.15) is 17.2 Å². The molecule has 0 atom stereocenters. The van der Waals surface area contributed by atoms with E-state index in [1.54, 1.807) is 6.92 Å². The maximum Gasteiger partial charge on any atom is 0.280 e. The number of nitro benzene ring substituents is 1. The minimum Gasteiger partial charge on any atom is -0.457 e. The minimum atomic E-state index is -2.36. The van der Waals surface area contributed by atoms with E-state index in [9.17, 15) is 36.9 Å². The standard InChI is InChI=1S/C22H12F5N3O4/c1-9-7-11(30(32)33)3-5-13(9)15-6-4-12(34-15)8-14-10(2)28-29(22(14)31)21-19(26)17(24)16(23)18(25)20(21)27/h3-8H,1-2H3/b14-8-. The number of hydrogen-bond donors (Lipinski definition) is 0. The Morgan fingerprint density at radius 3 is 2.18 bits per heavy atom. The zero-order valence-corrected chi connectivity index (χ0v) is 17.3. The lowest BCUT2D eigenvalue weighted by Crippen LogP contribution is -2.25. The summed E-state index contributed by atoms with van der Waals surface area (Å²) in [6.45, 7) is 2.95. The minimum absolute atomic E-state index is 0.0570. The molecule has 12 heteroatoms. The highest BCUT2D eigenvalue weighted by molar-refractivity contribution is 6.32. The second-order valence-electron chi connectivity index (χ2n) is 7.24. The van der Waals surface area contributed by atoms with Crippen molar-refractivity contribution < 1.29 is 36.1 Å². The van der Waals surface area contributed by atoms with Crippen molar-refractivity contribution in [2.24, 2.45) is 5.10 Å². The predicted octanol–water partition coefficient (Wildman–Crippen LogP) is 5.66. The van der Waals surface area contributed by atoms with Gasteiger partial charge in [0.2, 0.25) is 5.82 Å². The van der Waals surface area contributed by atoms with Gasteiger partial charge in [0.25, 0.3) is 11.6 Å². The van der Waals surface area contributed by atoms with E-state index in [4.69, 9.17) is 4.42 Å². The molecule has 0 N–H and O–H groups in total. The smallest absolute Gasteiger partial charge is 0.280 e. The van der Waals surface area contributed by atoms with Crippen LogP contribution in [0.2, 0.25) is 0 Å². The van der Waals surface area contributed by atoms with Crippen molar-refractivity contribution in [3.63, 3.8) is 0 Å². The van der Waals surface area contributed by atoms with Gasteiger partial charge in [-0.15, -0.1) is 0 Å². The average Bonchev–Trinajstić information content (AvgIpc) is 3.36. The topological polar surface area (TPSA) is 89.0 Å². The number of furan rings is 1. The van der Waals surface area contributed by atoms with E-state index in [0.29, 0.717) is 16.9 Å². The molecule has 0 fully saturated rings. The van der Waals surface area contributed by atoms with Crippen LogP contribution in [0.3, 0.4) is 0 Å². The van der Waals surface area contributed by atoms with Crippen molar-refractivity contribution >= 4 is 29.1 Å². The largest absolute Gasteiger partial charge is 0.457 e. The highest BCUT2D eigenvalue weighted by Crippen LogP contribution is 2.35. The monoisotopic (exact) mass is 477 g/mol. The summed E-state index contributed by atoms with van der Waals surface area (Å²) in [5.74, 6) is -11.9. The normalized spacial score (nSPS) is 14.8. The first-order chi connectivity index (χ1) is 16.0. The maximum atomic E-state index is 14.2. The zero-order valence-electron chi connectivity index (χ0n) is 17.3. The molecule has 1 amide bonds. The molecule has 2 heterocycles. The summed E-state index contributed by atoms with van der Waals surface area (Å²) in [5.41, 5.74) is -0.766. The number of carbonyl (C=O) groups excluding carboxylic acids is 1. The molecule has 1 aliphatic heterocycles. The molecule has 0 spiro atoms. The summed E-state index contributed by atoms with van der Waals surface area (Å²) < 4.78 is 74.4. The molecule has 0 aliphatic carbocycles. The Labute approximate surface area is 187 Å². The maximum absolute atomic E-state index is 14.2. The Hall–Kier alpha value is -4.35. The lowest BCUT2D eigenvalue weighted by molar-refractivity contribution is -0.384. The van der Waals surface area contributed by atoms with E-state index in [2.05, 4.69) is 5.10 Å². The van der Waals surface area contributed by atoms with Crippen molar-refractivity contribution in [3.8, 4) is 11.3 Å². The van der Waals surface area contributed by atoms with Gasteiger partial charge in [-0.05, 0) is 43.7 Å². The quantitative estimate of drug-likeness (QED) is 0.121. The van der Waals surface area contributed by atoms with Gasteiger partial charge < -0.3 is 4.42 Å². The SMILES string of the molecule is CC1=NN(c2c(F)c(F)c(F)c(F)c2F)C(=O)/C1=C\c1ccc(-c2ccc([N+](=O)[O-])cc2C)o1. The van der Waals surface area contributed by atoms with E-state index < -0.39 is 45.6 Å². The molecule has 1 aromatic heterocycles. The molecule has 1 aliphatic rings. The van der Waals surface area contributed by atoms with Crippen molar-refractivity contribution in [2.75, 3.05) is 5.01 Å². The lowest BCUT2D eigenvalue weighted by atomic mass is 10.1. The molecule has 0 radical (unpaired) electrons. The summed E-state index contributed by atoms with van der Waals surface area (Å²) in [4.78, 5) is 23.1. The Morgan fingerprint density at radius 2 is 1.59 bits per heavy atom. The van der Waals surface area contributed by atoms with Crippen LogP contribution in [0.1, 0.15) is 18.2 Å². The summed E-state index contributed by atoms with van der Waals surface area (Å²) in [7, 11) is 0. The fourth-order valence-electron chi connectivity index (χ4n) is 3.37. The molecule has 0 unspecified atom stereocenters. The highest BCUT2D eigenvalue weighted by Gasteiger charge is 2.37. The van der Waals surface area contributed by atoms with Crippen LogP contribution < -0.4 is 5.01 Å². The number of hydrogen-bond acceptors (Lipinski definition) is 5. The third-order valence-electron chi connectivity index (χ3n) is 5.06. The van der Waals surface area contributed by atoms with Gasteiger partial charge in [-0.1, -0.05) is 0 Å². The van der Waals surface area contributed by atoms with Crippen molar-refractivity contribution in [2.45, 2.75) is 13.8 Å². The first-order valence-corrected chi connectivity index (χ1v) is 9.49. The van der Waals surface area contributed by atoms with Crippen LogP contribution in [0.5, 0.6) is 0 Å². The van der Waals surface area contributed by atoms with Crippen molar-refractivity contribution in [3.05, 3.63) is 86.4 Å². The van der Waals surface area contributed by atoms with Gasteiger partial charge in [-0.2, -0.15) is 10.1 Å². The highest BCUT2D eigenvalue weighted by atomic mass is 19.2. The Morgan fingerprint density at radius 1 is 0.971 bits per heavy atom. The van der Waals surface area contributed by atoms with E-state index >= 15 is 0 Å². The number of carbonyl (C=O) groups is 1. The fourth-order valence-corrected chi connectivity index (χ4v) is 3.37. The second-order valence-corrected chi connectivity index (χ2v) is 7.24. The second kappa shape index (κ2) is 8.21. The van der Waals surface area contributed by atoms with Gasteiger partial charge in [0.05, 0.1) is 16.2 Å². The van der Waals surface area contributed by atoms with Gasteiger partial charge in [-0.3, -0.25) is 14.9 Å². The van der Waals surface area contributed by atoms with Crippen LogP contribution in [0.15, 0.2) is 45.4 Å². The molecule has 4 rings (SSSR count). The molecule has 3 aromatic rings. The van der Waals surface area contributed by atoms with E-state index in [-0.39, 0.29) is 27.7 Å². The van der Waals surface area contributed by atoms with Gasteiger partial charge >= 0.3 is 0 Å². The van der Waals surface area contributed by atoms with Gasteiger partial charge in [0.15, 0.2) is 23.3 Å². The van der Waals surface area contributed by atoms with Crippen molar-refractivity contribution in [1.29, 1.82) is 0 Å². The number of benzene rings is 2. The third-order valence-corrected chi connectivity index (χ3v) is 5.06. The Balaban J connectivity index is 1.69. The number of rotatable bonds is 4. The molecular weight excluding hydrogens is 465 g/mol. The summed E-state index contributed by atoms with van der Waals surface area (Å²) >= 11 is 0. The van der Waals surface area contributed by atoms with Crippen LogP contribution in [-0.4, -0.2) is 16.5 Å². The molecule has 0 bridgehead atoms. The Bertz CT molecular complexity index is 1420. The average molecular weight is 477 g/mol.